The molecule has 178 valence electrons. The zero-order chi connectivity index (χ0) is 24.4. The van der Waals surface area contributed by atoms with E-state index in [1.54, 1.807) is 76.3 Å². The third kappa shape index (κ3) is 4.63. The van der Waals surface area contributed by atoms with Crippen molar-refractivity contribution >= 4 is 23.3 Å². The quantitative estimate of drug-likeness (QED) is 0.431. The van der Waals surface area contributed by atoms with Gasteiger partial charge >= 0.3 is 0 Å². The van der Waals surface area contributed by atoms with Crippen LogP contribution in [0.15, 0.2) is 72.1 Å². The molecule has 10 heteroatoms. The van der Waals surface area contributed by atoms with Gasteiger partial charge in [-0.1, -0.05) is 0 Å². The summed E-state index contributed by atoms with van der Waals surface area (Å²) in [5.41, 5.74) is 2.24. The van der Waals surface area contributed by atoms with Crippen LogP contribution in [0.5, 0.6) is 0 Å². The first kappa shape index (κ1) is 22.3. The van der Waals surface area contributed by atoms with E-state index in [-0.39, 0.29) is 23.5 Å². The number of hydrogen-bond acceptors (Lipinski definition) is 6. The van der Waals surface area contributed by atoms with Gasteiger partial charge in [0.2, 0.25) is 5.78 Å². The summed E-state index contributed by atoms with van der Waals surface area (Å²) in [5.74, 6) is -0.261. The molecule has 1 aliphatic heterocycles. The van der Waals surface area contributed by atoms with Crippen LogP contribution in [0.1, 0.15) is 44.2 Å². The van der Waals surface area contributed by atoms with E-state index in [9.17, 15) is 14.4 Å². The number of imidazole rings is 1. The molecule has 10 nitrogen and oxygen atoms in total. The molecule has 1 atom stereocenters. The van der Waals surface area contributed by atoms with Crippen LogP contribution in [-0.4, -0.2) is 54.9 Å². The van der Waals surface area contributed by atoms with Crippen molar-refractivity contribution in [1.29, 1.82) is 0 Å². The number of nitrogens with zero attached hydrogens (tertiary/aromatic N) is 5. The number of benzene rings is 1. The monoisotopic (exact) mass is 472 g/mol. The van der Waals surface area contributed by atoms with Gasteiger partial charge in [-0.05, 0) is 43.2 Å². The van der Waals surface area contributed by atoms with E-state index < -0.39 is 0 Å². The summed E-state index contributed by atoms with van der Waals surface area (Å²) in [7, 11) is 1.80. The number of likely N-dealkylation sites (tertiary alicyclic amines) is 1. The van der Waals surface area contributed by atoms with E-state index in [4.69, 9.17) is 4.42 Å². The van der Waals surface area contributed by atoms with Gasteiger partial charge in [-0.2, -0.15) is 5.10 Å². The van der Waals surface area contributed by atoms with Gasteiger partial charge < -0.3 is 19.2 Å². The molecule has 1 unspecified atom stereocenters. The number of carbonyl (C=O) groups is 3. The predicted octanol–water partition coefficient (Wildman–Crippen LogP) is 3.19. The highest BCUT2D eigenvalue weighted by Crippen LogP contribution is 2.22. The van der Waals surface area contributed by atoms with E-state index in [1.165, 1.54) is 12.5 Å². The number of anilines is 1. The normalized spacial score (nSPS) is 15.7. The molecule has 1 saturated heterocycles. The van der Waals surface area contributed by atoms with Crippen LogP contribution in [0.25, 0.3) is 5.69 Å². The summed E-state index contributed by atoms with van der Waals surface area (Å²) in [6.07, 6.45) is 10.9. The molecule has 0 saturated carbocycles. The summed E-state index contributed by atoms with van der Waals surface area (Å²) in [5, 5.41) is 7.04. The zero-order valence-electron chi connectivity index (χ0n) is 19.1. The first-order valence-electron chi connectivity index (χ1n) is 11.3. The lowest BCUT2D eigenvalue weighted by atomic mass is 9.93. The van der Waals surface area contributed by atoms with Gasteiger partial charge in [0.25, 0.3) is 11.8 Å². The van der Waals surface area contributed by atoms with Crippen molar-refractivity contribution in [2.45, 2.75) is 12.8 Å². The number of Topliss-reactive ketones (excluding diaryl/α,β-unsaturated/α-hetero) is 1. The molecule has 1 N–H and O–H groups in total. The van der Waals surface area contributed by atoms with Crippen molar-refractivity contribution in [2.24, 2.45) is 13.0 Å². The Morgan fingerprint density at radius 3 is 2.66 bits per heavy atom. The van der Waals surface area contributed by atoms with Crippen molar-refractivity contribution < 1.29 is 18.8 Å². The summed E-state index contributed by atoms with van der Waals surface area (Å²) >= 11 is 0. The Morgan fingerprint density at radius 1 is 1.11 bits per heavy atom. The molecule has 1 fully saturated rings. The molecular weight excluding hydrogens is 448 g/mol. The third-order valence-corrected chi connectivity index (χ3v) is 6.12. The second-order valence-corrected chi connectivity index (χ2v) is 8.50. The molecule has 5 rings (SSSR count). The molecule has 0 radical (unpaired) electrons. The minimum Gasteiger partial charge on any atom is -0.472 e. The van der Waals surface area contributed by atoms with Gasteiger partial charge in [-0.15, -0.1) is 0 Å². The largest absolute Gasteiger partial charge is 0.472 e. The summed E-state index contributed by atoms with van der Waals surface area (Å²) in [4.78, 5) is 44.0. The van der Waals surface area contributed by atoms with Crippen LogP contribution in [0.4, 0.5) is 5.69 Å². The maximum Gasteiger partial charge on any atom is 0.259 e. The number of rotatable bonds is 6. The second-order valence-electron chi connectivity index (χ2n) is 8.50. The Kier molecular flexibility index (Phi) is 6.01. The first-order chi connectivity index (χ1) is 17.0. The fraction of sp³-hybridized carbons (Fsp3) is 0.240. The Bertz CT molecular complexity index is 1350. The van der Waals surface area contributed by atoms with E-state index in [0.717, 1.165) is 18.5 Å². The molecule has 3 aromatic heterocycles. The highest BCUT2D eigenvalue weighted by Gasteiger charge is 2.31. The minimum atomic E-state index is -0.291. The van der Waals surface area contributed by atoms with Crippen LogP contribution in [-0.2, 0) is 7.05 Å². The molecule has 4 aromatic rings. The summed E-state index contributed by atoms with van der Waals surface area (Å²) < 4.78 is 8.25. The van der Waals surface area contributed by atoms with E-state index >= 15 is 0 Å². The number of nitrogens with one attached hydrogen (secondary N) is 1. The molecule has 35 heavy (non-hydrogen) atoms. The highest BCUT2D eigenvalue weighted by molar-refractivity contribution is 6.03. The number of aromatic nitrogens is 4. The van der Waals surface area contributed by atoms with Crippen molar-refractivity contribution in [2.75, 3.05) is 18.4 Å². The van der Waals surface area contributed by atoms with Crippen LogP contribution >= 0.6 is 0 Å². The Balaban J connectivity index is 1.24. The number of piperidine rings is 1. The average Bonchev–Trinajstić information content (AvgIpc) is 3.66. The average molecular weight is 473 g/mol. The maximum atomic E-state index is 13.1. The highest BCUT2D eigenvalue weighted by atomic mass is 16.3. The fourth-order valence-electron chi connectivity index (χ4n) is 4.23. The number of aryl methyl sites for hydroxylation is 1. The standard InChI is InChI=1S/C25H24N6O4/c1-29-11-9-26-23(29)22(32)18-3-2-10-30(14-18)25(34)17-4-6-21(7-5-17)31-15-20(13-27-31)28-24(33)19-8-12-35-16-19/h4-9,11-13,15-16,18H,2-3,10,14H2,1H3,(H,28,33). The lowest BCUT2D eigenvalue weighted by Gasteiger charge is -2.32. The van der Waals surface area contributed by atoms with Gasteiger partial charge in [-0.3, -0.25) is 14.4 Å². The molecule has 2 amide bonds. The van der Waals surface area contributed by atoms with Crippen LogP contribution in [0, 0.1) is 5.92 Å². The van der Waals surface area contributed by atoms with Crippen molar-refractivity contribution in [3.63, 3.8) is 0 Å². The number of carbonyl (C=O) groups excluding carboxylic acids is 3. The van der Waals surface area contributed by atoms with Crippen LogP contribution in [0.2, 0.25) is 0 Å². The molecule has 1 aromatic carbocycles. The lowest BCUT2D eigenvalue weighted by molar-refractivity contribution is 0.0632. The third-order valence-electron chi connectivity index (χ3n) is 6.12. The van der Waals surface area contributed by atoms with Crippen molar-refractivity contribution in [3.8, 4) is 5.69 Å². The Morgan fingerprint density at radius 2 is 1.94 bits per heavy atom. The number of amides is 2. The number of furan rings is 1. The van der Waals surface area contributed by atoms with Gasteiger partial charge in [0.05, 0.1) is 35.6 Å². The van der Waals surface area contributed by atoms with Crippen molar-refractivity contribution in [1.82, 2.24) is 24.2 Å². The molecule has 1 aliphatic rings. The SMILES string of the molecule is Cn1ccnc1C(=O)C1CCCN(C(=O)c2ccc(-n3cc(NC(=O)c4ccoc4)cn3)cc2)C1. The number of ketones is 1. The van der Waals surface area contributed by atoms with Gasteiger partial charge in [0, 0.05) is 44.0 Å². The van der Waals surface area contributed by atoms with Crippen LogP contribution in [0.3, 0.4) is 0 Å². The number of hydrogen-bond donors (Lipinski definition) is 1. The van der Waals surface area contributed by atoms with E-state index in [2.05, 4.69) is 15.4 Å². The van der Waals surface area contributed by atoms with Crippen LogP contribution < -0.4 is 5.32 Å². The van der Waals surface area contributed by atoms with E-state index in [1.807, 2.05) is 0 Å². The fourth-order valence-corrected chi connectivity index (χ4v) is 4.23. The van der Waals surface area contributed by atoms with E-state index in [0.29, 0.717) is 35.7 Å². The molecule has 0 spiro atoms. The molecule has 0 aliphatic carbocycles. The maximum absolute atomic E-state index is 13.1. The van der Waals surface area contributed by atoms with Crippen molar-refractivity contribution in [3.05, 3.63) is 84.6 Å². The Hall–Kier alpha value is -4.47. The molecule has 0 bridgehead atoms. The first-order valence-corrected chi connectivity index (χ1v) is 11.3. The molecular formula is C25H24N6O4. The summed E-state index contributed by atoms with van der Waals surface area (Å²) in [6, 6.07) is 8.65. The van der Waals surface area contributed by atoms with Gasteiger partial charge in [0.15, 0.2) is 5.82 Å². The lowest BCUT2D eigenvalue weighted by Crippen LogP contribution is -2.42. The zero-order valence-corrected chi connectivity index (χ0v) is 19.1. The molecule has 4 heterocycles. The minimum absolute atomic E-state index is 0.0281. The predicted molar refractivity (Wildman–Crippen MR) is 126 cm³/mol. The smallest absolute Gasteiger partial charge is 0.259 e. The topological polar surface area (TPSA) is 115 Å². The van der Waals surface area contributed by atoms with Gasteiger partial charge in [-0.25, -0.2) is 9.67 Å². The van der Waals surface area contributed by atoms with Gasteiger partial charge in [0.1, 0.15) is 6.26 Å². The summed E-state index contributed by atoms with van der Waals surface area (Å²) in [6.45, 7) is 0.995. The second kappa shape index (κ2) is 9.41. The Labute approximate surface area is 201 Å².